The van der Waals surface area contributed by atoms with Gasteiger partial charge in [-0.2, -0.15) is 0 Å². The molecule has 2 aromatic carbocycles. The smallest absolute Gasteiger partial charge is 0.150 e. The summed E-state index contributed by atoms with van der Waals surface area (Å²) in [6, 6.07) is 14.1. The summed E-state index contributed by atoms with van der Waals surface area (Å²) >= 11 is 0. The lowest BCUT2D eigenvalue weighted by molar-refractivity contribution is 0.484. The number of hydrogen-bond acceptors (Lipinski definition) is 2. The van der Waals surface area contributed by atoms with Gasteiger partial charge in [0, 0.05) is 0 Å². The maximum atomic E-state index is 5.91. The van der Waals surface area contributed by atoms with Gasteiger partial charge < -0.3 is 10.5 Å². The van der Waals surface area contributed by atoms with E-state index in [1.54, 1.807) is 0 Å². The number of nitrogen functional groups attached to an aromatic ring is 1. The topological polar surface area (TPSA) is 35.2 Å². The molecule has 0 aliphatic rings. The zero-order valence-electron chi connectivity index (χ0n) is 11.8. The van der Waals surface area contributed by atoms with E-state index in [0.717, 1.165) is 23.5 Å². The monoisotopic (exact) mass is 255 g/mol. The summed E-state index contributed by atoms with van der Waals surface area (Å²) in [6.45, 7) is 6.45. The number of rotatable bonds is 4. The molecule has 2 heteroatoms. The van der Waals surface area contributed by atoms with Crippen LogP contribution in [0, 0.1) is 6.92 Å². The zero-order valence-corrected chi connectivity index (χ0v) is 11.8. The molecule has 0 unspecified atom stereocenters. The summed E-state index contributed by atoms with van der Waals surface area (Å²) in [5.74, 6) is 2.12. The Kier molecular flexibility index (Phi) is 4.10. The molecule has 0 fully saturated rings. The molecule has 0 spiro atoms. The van der Waals surface area contributed by atoms with E-state index in [4.69, 9.17) is 10.5 Å². The van der Waals surface area contributed by atoms with Crippen molar-refractivity contribution in [2.75, 3.05) is 5.73 Å². The van der Waals surface area contributed by atoms with Gasteiger partial charge in [-0.05, 0) is 54.7 Å². The van der Waals surface area contributed by atoms with Gasteiger partial charge >= 0.3 is 0 Å². The second-order valence-corrected chi connectivity index (χ2v) is 5.02. The molecular weight excluding hydrogens is 234 g/mol. The third-order valence-electron chi connectivity index (χ3n) is 3.46. The molecule has 0 aliphatic heterocycles. The Balaban J connectivity index is 2.17. The van der Waals surface area contributed by atoms with E-state index in [1.807, 2.05) is 37.3 Å². The minimum Gasteiger partial charge on any atom is -0.455 e. The Bertz CT molecular complexity index is 546. The average molecular weight is 255 g/mol. The molecular formula is C17H21NO. The van der Waals surface area contributed by atoms with E-state index in [2.05, 4.69) is 26.0 Å². The van der Waals surface area contributed by atoms with Gasteiger partial charge in [0.2, 0.25) is 0 Å². The van der Waals surface area contributed by atoms with Gasteiger partial charge in [0.05, 0.1) is 5.69 Å². The molecule has 2 nitrogen and oxygen atoms in total. The van der Waals surface area contributed by atoms with Crippen molar-refractivity contribution in [2.45, 2.75) is 33.1 Å². The maximum absolute atomic E-state index is 5.91. The number of ether oxygens (including phenoxy) is 1. The first-order valence-electron chi connectivity index (χ1n) is 6.74. The van der Waals surface area contributed by atoms with Crippen molar-refractivity contribution >= 4 is 5.69 Å². The van der Waals surface area contributed by atoms with Crippen molar-refractivity contribution in [1.82, 2.24) is 0 Å². The van der Waals surface area contributed by atoms with Crippen molar-refractivity contribution in [1.29, 1.82) is 0 Å². The van der Waals surface area contributed by atoms with Gasteiger partial charge in [-0.3, -0.25) is 0 Å². The second kappa shape index (κ2) is 5.79. The fourth-order valence-electron chi connectivity index (χ4n) is 1.96. The van der Waals surface area contributed by atoms with Crippen molar-refractivity contribution < 1.29 is 4.74 Å². The van der Waals surface area contributed by atoms with Crippen LogP contribution in [0.3, 0.4) is 0 Å². The molecule has 0 saturated carbocycles. The molecule has 0 amide bonds. The highest BCUT2D eigenvalue weighted by Crippen LogP contribution is 2.29. The van der Waals surface area contributed by atoms with Gasteiger partial charge in [-0.1, -0.05) is 32.0 Å². The van der Waals surface area contributed by atoms with Crippen LogP contribution < -0.4 is 10.5 Å². The summed E-state index contributed by atoms with van der Waals surface area (Å²) in [5, 5.41) is 0. The summed E-state index contributed by atoms with van der Waals surface area (Å²) < 4.78 is 5.83. The summed E-state index contributed by atoms with van der Waals surface area (Å²) in [4.78, 5) is 0. The highest BCUT2D eigenvalue weighted by atomic mass is 16.5. The van der Waals surface area contributed by atoms with E-state index in [1.165, 1.54) is 5.56 Å². The van der Waals surface area contributed by atoms with E-state index in [-0.39, 0.29) is 0 Å². The number of aryl methyl sites for hydroxylation is 1. The third kappa shape index (κ3) is 3.28. The molecule has 100 valence electrons. The third-order valence-corrected chi connectivity index (χ3v) is 3.46. The average Bonchev–Trinajstić information content (AvgIpc) is 2.43. The largest absolute Gasteiger partial charge is 0.455 e. The van der Waals surface area contributed by atoms with E-state index in [9.17, 15) is 0 Å². The lowest BCUT2D eigenvalue weighted by atomic mass is 9.99. The quantitative estimate of drug-likeness (QED) is 0.790. The Morgan fingerprint density at radius 2 is 1.79 bits per heavy atom. The summed E-state index contributed by atoms with van der Waals surface area (Å²) in [7, 11) is 0. The van der Waals surface area contributed by atoms with Gasteiger partial charge in [-0.15, -0.1) is 0 Å². The normalized spacial score (nSPS) is 12.2. The van der Waals surface area contributed by atoms with Crippen molar-refractivity contribution in [3.63, 3.8) is 0 Å². The van der Waals surface area contributed by atoms with Crippen molar-refractivity contribution in [3.8, 4) is 11.5 Å². The molecule has 0 radical (unpaired) electrons. The van der Waals surface area contributed by atoms with Crippen LogP contribution in [-0.4, -0.2) is 0 Å². The van der Waals surface area contributed by atoms with Crippen LogP contribution in [0.1, 0.15) is 37.3 Å². The van der Waals surface area contributed by atoms with E-state index in [0.29, 0.717) is 11.6 Å². The summed E-state index contributed by atoms with van der Waals surface area (Å²) in [5.41, 5.74) is 9.05. The standard InChI is InChI=1S/C17H21NO/c1-4-13(3)14-6-8-15(9-7-14)19-17-11-12(2)5-10-16(17)18/h5-11,13H,4,18H2,1-3H3/t13-/m1/s1. The first kappa shape index (κ1) is 13.5. The van der Waals surface area contributed by atoms with E-state index >= 15 is 0 Å². The molecule has 2 rings (SSSR count). The van der Waals surface area contributed by atoms with Crippen molar-refractivity contribution in [3.05, 3.63) is 53.6 Å². The number of hydrogen-bond donors (Lipinski definition) is 1. The van der Waals surface area contributed by atoms with Crippen LogP contribution in [0.25, 0.3) is 0 Å². The Labute approximate surface area is 115 Å². The Morgan fingerprint density at radius 1 is 1.11 bits per heavy atom. The fourth-order valence-corrected chi connectivity index (χ4v) is 1.96. The van der Waals surface area contributed by atoms with Gasteiger partial charge in [0.25, 0.3) is 0 Å². The number of anilines is 1. The molecule has 2 aromatic rings. The van der Waals surface area contributed by atoms with Gasteiger partial charge in [0.1, 0.15) is 5.75 Å². The molecule has 0 saturated heterocycles. The number of benzene rings is 2. The van der Waals surface area contributed by atoms with Crippen LogP contribution in [0.5, 0.6) is 11.5 Å². The molecule has 19 heavy (non-hydrogen) atoms. The molecule has 2 N–H and O–H groups in total. The lowest BCUT2D eigenvalue weighted by Gasteiger charge is -2.12. The van der Waals surface area contributed by atoms with Gasteiger partial charge in [-0.25, -0.2) is 0 Å². The molecule has 0 bridgehead atoms. The highest BCUT2D eigenvalue weighted by molar-refractivity contribution is 5.55. The van der Waals surface area contributed by atoms with Crippen LogP contribution >= 0.6 is 0 Å². The minimum atomic E-state index is 0.582. The SMILES string of the molecule is CC[C@@H](C)c1ccc(Oc2cc(C)ccc2N)cc1. The first-order valence-corrected chi connectivity index (χ1v) is 6.74. The van der Waals surface area contributed by atoms with E-state index < -0.39 is 0 Å². The zero-order chi connectivity index (χ0) is 13.8. The van der Waals surface area contributed by atoms with Crippen LogP contribution in [-0.2, 0) is 0 Å². The lowest BCUT2D eigenvalue weighted by Crippen LogP contribution is -1.94. The summed E-state index contributed by atoms with van der Waals surface area (Å²) in [6.07, 6.45) is 1.14. The second-order valence-electron chi connectivity index (χ2n) is 5.02. The predicted octanol–water partition coefficient (Wildman–Crippen LogP) is 4.88. The Morgan fingerprint density at radius 3 is 2.42 bits per heavy atom. The highest BCUT2D eigenvalue weighted by Gasteiger charge is 2.05. The first-order chi connectivity index (χ1) is 9.10. The Hall–Kier alpha value is -1.96. The van der Waals surface area contributed by atoms with Gasteiger partial charge in [0.15, 0.2) is 5.75 Å². The number of nitrogens with two attached hydrogens (primary N) is 1. The molecule has 0 heterocycles. The fraction of sp³-hybridized carbons (Fsp3) is 0.294. The van der Waals surface area contributed by atoms with Crippen LogP contribution in [0.4, 0.5) is 5.69 Å². The molecule has 0 aromatic heterocycles. The molecule has 0 aliphatic carbocycles. The van der Waals surface area contributed by atoms with Crippen molar-refractivity contribution in [2.24, 2.45) is 0 Å². The van der Waals surface area contributed by atoms with Crippen LogP contribution in [0.2, 0.25) is 0 Å². The predicted molar refractivity (Wildman–Crippen MR) is 80.8 cm³/mol. The van der Waals surface area contributed by atoms with Crippen LogP contribution in [0.15, 0.2) is 42.5 Å². The maximum Gasteiger partial charge on any atom is 0.150 e. The minimum absolute atomic E-state index is 0.582. The molecule has 1 atom stereocenters.